The lowest BCUT2D eigenvalue weighted by atomic mass is 9.99. The van der Waals surface area contributed by atoms with Gasteiger partial charge in [-0.15, -0.1) is 0 Å². The van der Waals surface area contributed by atoms with Crippen molar-refractivity contribution in [3.8, 4) is 0 Å². The van der Waals surface area contributed by atoms with E-state index in [2.05, 4.69) is 30.9 Å². The second kappa shape index (κ2) is 11.8. The van der Waals surface area contributed by atoms with E-state index in [-0.39, 0.29) is 0 Å². The summed E-state index contributed by atoms with van der Waals surface area (Å²) in [7, 11) is 0. The van der Waals surface area contributed by atoms with E-state index < -0.39 is 6.10 Å². The Morgan fingerprint density at radius 2 is 1.65 bits per heavy atom. The summed E-state index contributed by atoms with van der Waals surface area (Å²) in [6, 6.07) is 15.8. The van der Waals surface area contributed by atoms with Gasteiger partial charge in [0.1, 0.15) is 0 Å². The molecular formula is C26H32Cl2N2O. The maximum atomic E-state index is 11.3. The molecule has 3 nitrogen and oxygen atoms in total. The van der Waals surface area contributed by atoms with Crippen LogP contribution in [-0.2, 0) is 6.42 Å². The van der Waals surface area contributed by atoms with Crippen LogP contribution in [0.4, 0.5) is 0 Å². The maximum absolute atomic E-state index is 11.3. The molecule has 1 atom stereocenters. The van der Waals surface area contributed by atoms with Gasteiger partial charge in [0.15, 0.2) is 0 Å². The van der Waals surface area contributed by atoms with Crippen molar-refractivity contribution in [2.24, 2.45) is 0 Å². The van der Waals surface area contributed by atoms with Crippen LogP contribution in [0.5, 0.6) is 0 Å². The lowest BCUT2D eigenvalue weighted by molar-refractivity contribution is 0.112. The SMILES string of the molecule is CCCCN(CCCC)C[C@H](O)c1cc(Cc2ccccc2)nc2c(Cl)cc(Cl)cc12. The van der Waals surface area contributed by atoms with Gasteiger partial charge in [0.25, 0.3) is 0 Å². The zero-order valence-electron chi connectivity index (χ0n) is 18.5. The second-order valence-corrected chi connectivity index (χ2v) is 9.02. The van der Waals surface area contributed by atoms with Gasteiger partial charge in [0.2, 0.25) is 0 Å². The fourth-order valence-corrected chi connectivity index (χ4v) is 4.44. The van der Waals surface area contributed by atoms with E-state index in [0.29, 0.717) is 28.5 Å². The maximum Gasteiger partial charge on any atom is 0.0924 e. The summed E-state index contributed by atoms with van der Waals surface area (Å²) in [4.78, 5) is 7.19. The predicted molar refractivity (Wildman–Crippen MR) is 132 cm³/mol. The average molecular weight is 459 g/mol. The van der Waals surface area contributed by atoms with E-state index in [0.717, 1.165) is 55.4 Å². The molecule has 0 saturated carbocycles. The van der Waals surface area contributed by atoms with Crippen molar-refractivity contribution >= 4 is 34.1 Å². The number of halogens is 2. The smallest absolute Gasteiger partial charge is 0.0924 e. The number of aromatic nitrogens is 1. The van der Waals surface area contributed by atoms with Crippen LogP contribution in [0.1, 0.15) is 62.5 Å². The molecule has 31 heavy (non-hydrogen) atoms. The Kier molecular flexibility index (Phi) is 9.15. The molecular weight excluding hydrogens is 427 g/mol. The highest BCUT2D eigenvalue weighted by molar-refractivity contribution is 6.38. The summed E-state index contributed by atoms with van der Waals surface area (Å²) in [5.41, 5.74) is 3.61. The number of aliphatic hydroxyl groups excluding tert-OH is 1. The van der Waals surface area contributed by atoms with E-state index in [4.69, 9.17) is 28.2 Å². The number of pyridine rings is 1. The molecule has 1 N–H and O–H groups in total. The van der Waals surface area contributed by atoms with Crippen LogP contribution in [-0.4, -0.2) is 34.6 Å². The van der Waals surface area contributed by atoms with Crippen molar-refractivity contribution in [3.63, 3.8) is 0 Å². The minimum atomic E-state index is -0.636. The highest BCUT2D eigenvalue weighted by Crippen LogP contribution is 2.33. The molecule has 5 heteroatoms. The largest absolute Gasteiger partial charge is 0.387 e. The van der Waals surface area contributed by atoms with E-state index in [1.165, 1.54) is 5.56 Å². The van der Waals surface area contributed by atoms with E-state index in [1.807, 2.05) is 30.3 Å². The number of nitrogens with zero attached hydrogens (tertiary/aromatic N) is 2. The van der Waals surface area contributed by atoms with Crippen molar-refractivity contribution in [3.05, 3.63) is 75.4 Å². The van der Waals surface area contributed by atoms with Gasteiger partial charge in [0.05, 0.1) is 16.6 Å². The quantitative estimate of drug-likeness (QED) is 0.333. The predicted octanol–water partition coefficient (Wildman–Crippen LogP) is 7.07. The van der Waals surface area contributed by atoms with E-state index in [9.17, 15) is 5.11 Å². The average Bonchev–Trinajstić information content (AvgIpc) is 2.76. The molecule has 0 aliphatic rings. The molecule has 0 amide bonds. The number of unbranched alkanes of at least 4 members (excludes halogenated alkanes) is 2. The highest BCUT2D eigenvalue weighted by Gasteiger charge is 2.19. The van der Waals surface area contributed by atoms with Gasteiger partial charge < -0.3 is 10.0 Å². The van der Waals surface area contributed by atoms with Crippen molar-refractivity contribution in [2.75, 3.05) is 19.6 Å². The molecule has 1 aromatic heterocycles. The van der Waals surface area contributed by atoms with Gasteiger partial charge in [-0.1, -0.05) is 80.2 Å². The number of hydrogen-bond acceptors (Lipinski definition) is 3. The second-order valence-electron chi connectivity index (χ2n) is 8.17. The lowest BCUT2D eigenvalue weighted by Crippen LogP contribution is -2.31. The molecule has 0 unspecified atom stereocenters. The van der Waals surface area contributed by atoms with Gasteiger partial charge in [0, 0.05) is 29.1 Å². The van der Waals surface area contributed by atoms with Gasteiger partial charge >= 0.3 is 0 Å². The van der Waals surface area contributed by atoms with Gasteiger partial charge in [-0.3, -0.25) is 4.98 Å². The van der Waals surface area contributed by atoms with Crippen LogP contribution in [0, 0.1) is 0 Å². The first kappa shape index (κ1) is 24.0. The van der Waals surface area contributed by atoms with Crippen LogP contribution in [0.2, 0.25) is 10.0 Å². The first-order valence-electron chi connectivity index (χ1n) is 11.2. The Labute approximate surface area is 196 Å². The molecule has 1 heterocycles. The lowest BCUT2D eigenvalue weighted by Gasteiger charge is -2.26. The summed E-state index contributed by atoms with van der Waals surface area (Å²) < 4.78 is 0. The van der Waals surface area contributed by atoms with Crippen LogP contribution in [0.25, 0.3) is 10.9 Å². The summed E-state index contributed by atoms with van der Waals surface area (Å²) in [5, 5.41) is 13.2. The molecule has 0 saturated heterocycles. The summed E-state index contributed by atoms with van der Waals surface area (Å²) in [6.45, 7) is 6.98. The molecule has 0 spiro atoms. The summed E-state index contributed by atoms with van der Waals surface area (Å²) in [5.74, 6) is 0. The Balaban J connectivity index is 1.97. The Morgan fingerprint density at radius 1 is 0.968 bits per heavy atom. The zero-order chi connectivity index (χ0) is 22.2. The Bertz CT molecular complexity index is 970. The van der Waals surface area contributed by atoms with Crippen molar-refractivity contribution < 1.29 is 5.11 Å². The minimum Gasteiger partial charge on any atom is -0.387 e. The third-order valence-corrected chi connectivity index (χ3v) is 6.10. The summed E-state index contributed by atoms with van der Waals surface area (Å²) in [6.07, 6.45) is 4.59. The first-order chi connectivity index (χ1) is 15.0. The van der Waals surface area contributed by atoms with Gasteiger partial charge in [-0.05, 0) is 55.3 Å². The van der Waals surface area contributed by atoms with E-state index >= 15 is 0 Å². The van der Waals surface area contributed by atoms with Crippen molar-refractivity contribution in [2.45, 2.75) is 52.1 Å². The van der Waals surface area contributed by atoms with Crippen molar-refractivity contribution in [1.82, 2.24) is 9.88 Å². The molecule has 2 aromatic carbocycles. The number of hydrogen-bond donors (Lipinski definition) is 1. The number of benzene rings is 2. The molecule has 3 aromatic rings. The number of aliphatic hydroxyl groups is 1. The molecule has 0 aliphatic heterocycles. The number of fused-ring (bicyclic) bond motifs is 1. The summed E-state index contributed by atoms with van der Waals surface area (Å²) >= 11 is 12.8. The standard InChI is InChI=1S/C26H32Cl2N2O/c1-3-5-12-30(13-6-4-2)18-25(31)22-17-21(14-19-10-8-7-9-11-19)29-26-23(22)15-20(27)16-24(26)28/h7-11,15-17,25,31H,3-6,12-14,18H2,1-2H3/t25-/m0/s1. The minimum absolute atomic E-state index is 0.514. The highest BCUT2D eigenvalue weighted by atomic mass is 35.5. The molecule has 0 radical (unpaired) electrons. The molecule has 166 valence electrons. The third-order valence-electron chi connectivity index (χ3n) is 5.59. The van der Waals surface area contributed by atoms with Crippen LogP contribution in [0.3, 0.4) is 0 Å². The third kappa shape index (κ3) is 6.66. The van der Waals surface area contributed by atoms with Crippen LogP contribution >= 0.6 is 23.2 Å². The number of rotatable bonds is 11. The Hall–Kier alpha value is -1.65. The fourth-order valence-electron chi connectivity index (χ4n) is 3.90. The molecule has 0 fully saturated rings. The monoisotopic (exact) mass is 458 g/mol. The van der Waals surface area contributed by atoms with Gasteiger partial charge in [-0.25, -0.2) is 0 Å². The Morgan fingerprint density at radius 3 is 2.29 bits per heavy atom. The fraction of sp³-hybridized carbons (Fsp3) is 0.423. The molecule has 0 aliphatic carbocycles. The van der Waals surface area contributed by atoms with Crippen LogP contribution in [0.15, 0.2) is 48.5 Å². The van der Waals surface area contributed by atoms with Gasteiger partial charge in [-0.2, -0.15) is 0 Å². The topological polar surface area (TPSA) is 36.4 Å². The van der Waals surface area contributed by atoms with Crippen molar-refractivity contribution in [1.29, 1.82) is 0 Å². The first-order valence-corrected chi connectivity index (χ1v) is 12.0. The molecule has 0 bridgehead atoms. The molecule has 3 rings (SSSR count). The van der Waals surface area contributed by atoms with E-state index in [1.54, 1.807) is 6.07 Å². The normalized spacial score (nSPS) is 12.6. The zero-order valence-corrected chi connectivity index (χ0v) is 20.0. The van der Waals surface area contributed by atoms with Crippen LogP contribution < -0.4 is 0 Å².